The first-order chi connectivity index (χ1) is 16.8. The highest BCUT2D eigenvalue weighted by molar-refractivity contribution is 7.22. The number of rotatable bonds is 5. The molecule has 1 aliphatic heterocycles. The summed E-state index contributed by atoms with van der Waals surface area (Å²) in [5.74, 6) is -1.93. The van der Waals surface area contributed by atoms with Crippen LogP contribution in [0.25, 0.3) is 16.0 Å². The number of carbonyl (C=O) groups excluding carboxylic acids is 2. The summed E-state index contributed by atoms with van der Waals surface area (Å²) in [6, 6.07) is 11.3. The maximum Gasteiger partial charge on any atom is 0.301 e. The van der Waals surface area contributed by atoms with E-state index in [1.54, 1.807) is 29.6 Å². The number of amides is 1. The van der Waals surface area contributed by atoms with Crippen LogP contribution in [0.3, 0.4) is 0 Å². The van der Waals surface area contributed by atoms with Crippen molar-refractivity contribution < 1.29 is 24.4 Å². The van der Waals surface area contributed by atoms with E-state index in [2.05, 4.69) is 4.98 Å². The van der Waals surface area contributed by atoms with Crippen LogP contribution >= 0.6 is 34.3 Å². The number of nitro benzene ring substituents is 1. The number of aliphatic hydroxyl groups is 1. The molecule has 1 saturated heterocycles. The van der Waals surface area contributed by atoms with Crippen molar-refractivity contribution in [2.45, 2.75) is 6.04 Å². The molecule has 3 heterocycles. The van der Waals surface area contributed by atoms with Gasteiger partial charge in [0.1, 0.15) is 17.6 Å². The highest BCUT2D eigenvalue weighted by atomic mass is 35.5. The van der Waals surface area contributed by atoms with E-state index in [0.29, 0.717) is 20.1 Å². The molecule has 0 spiro atoms. The second kappa shape index (κ2) is 8.77. The molecule has 0 aliphatic carbocycles. The van der Waals surface area contributed by atoms with E-state index in [-0.39, 0.29) is 27.7 Å². The van der Waals surface area contributed by atoms with Gasteiger partial charge in [0.15, 0.2) is 5.13 Å². The SMILES string of the molecule is COc1ccc(Cl)cc1/C(O)=C1\C(=O)C(=O)N(c2nc3ccc([N+](=O)[O-])cc3s2)C1c1cccs1. The Morgan fingerprint density at radius 3 is 2.71 bits per heavy atom. The number of thiazole rings is 1. The van der Waals surface area contributed by atoms with Gasteiger partial charge in [-0.1, -0.05) is 29.0 Å². The molecule has 0 bridgehead atoms. The van der Waals surface area contributed by atoms with Gasteiger partial charge < -0.3 is 9.84 Å². The number of Topliss-reactive ketones (excluding diaryl/α,β-unsaturated/α-hetero) is 1. The highest BCUT2D eigenvalue weighted by Gasteiger charge is 2.49. The third-order valence-electron chi connectivity index (χ3n) is 5.45. The number of non-ortho nitro benzene ring substituents is 1. The number of fused-ring (bicyclic) bond motifs is 1. The maximum atomic E-state index is 13.3. The molecule has 1 unspecified atom stereocenters. The van der Waals surface area contributed by atoms with Gasteiger partial charge >= 0.3 is 5.91 Å². The molecular formula is C23H14ClN3O6S2. The van der Waals surface area contributed by atoms with Crippen LogP contribution in [0.1, 0.15) is 16.5 Å². The van der Waals surface area contributed by atoms with Gasteiger partial charge in [0, 0.05) is 22.0 Å². The lowest BCUT2D eigenvalue weighted by Gasteiger charge is -2.21. The summed E-state index contributed by atoms with van der Waals surface area (Å²) in [5, 5.41) is 24.7. The van der Waals surface area contributed by atoms with E-state index >= 15 is 0 Å². The summed E-state index contributed by atoms with van der Waals surface area (Å²) in [7, 11) is 1.41. The van der Waals surface area contributed by atoms with Crippen LogP contribution < -0.4 is 9.64 Å². The standard InChI is InChI=1S/C23H14ClN3O6S2/c1-33-15-7-4-11(24)9-13(15)20(28)18-19(16-3-2-8-34-16)26(22(30)21(18)29)23-25-14-6-5-12(27(31)32)10-17(14)35-23/h2-10,19,28H,1H3/b20-18+. The summed E-state index contributed by atoms with van der Waals surface area (Å²) in [5.41, 5.74) is 0.360. The molecule has 2 aromatic heterocycles. The predicted molar refractivity (Wildman–Crippen MR) is 133 cm³/mol. The molecular weight excluding hydrogens is 514 g/mol. The molecule has 176 valence electrons. The number of nitro groups is 1. The first-order valence-corrected chi connectivity index (χ1v) is 12.1. The second-order valence-electron chi connectivity index (χ2n) is 7.43. The van der Waals surface area contributed by atoms with Gasteiger partial charge in [-0.3, -0.25) is 24.6 Å². The minimum atomic E-state index is -0.964. The molecule has 0 saturated carbocycles. The predicted octanol–water partition coefficient (Wildman–Crippen LogP) is 5.55. The highest BCUT2D eigenvalue weighted by Crippen LogP contribution is 2.46. The molecule has 5 rings (SSSR count). The molecule has 9 nitrogen and oxygen atoms in total. The van der Waals surface area contributed by atoms with Gasteiger partial charge in [-0.2, -0.15) is 0 Å². The van der Waals surface area contributed by atoms with Gasteiger partial charge in [-0.05, 0) is 35.7 Å². The number of halogens is 1. The van der Waals surface area contributed by atoms with Crippen molar-refractivity contribution in [2.24, 2.45) is 0 Å². The Bertz CT molecular complexity index is 1550. The number of thiophene rings is 1. The monoisotopic (exact) mass is 527 g/mol. The number of aromatic nitrogens is 1. The van der Waals surface area contributed by atoms with Gasteiger partial charge in [0.05, 0.1) is 33.4 Å². The average Bonchev–Trinajstić information content (AvgIpc) is 3.56. The Kier molecular flexibility index (Phi) is 5.75. The van der Waals surface area contributed by atoms with Crippen LogP contribution in [-0.2, 0) is 9.59 Å². The molecule has 12 heteroatoms. The molecule has 1 amide bonds. The molecule has 4 aromatic rings. The van der Waals surface area contributed by atoms with Crippen molar-refractivity contribution in [3.05, 3.63) is 85.1 Å². The molecule has 1 aliphatic rings. The minimum absolute atomic E-state index is 0.113. The van der Waals surface area contributed by atoms with Gasteiger partial charge in [0.2, 0.25) is 0 Å². The van der Waals surface area contributed by atoms with E-state index < -0.39 is 28.4 Å². The fraction of sp³-hybridized carbons (Fsp3) is 0.0870. The normalized spacial score (nSPS) is 17.3. The summed E-state index contributed by atoms with van der Waals surface area (Å²) in [6.45, 7) is 0. The van der Waals surface area contributed by atoms with Crippen LogP contribution in [0.2, 0.25) is 5.02 Å². The number of anilines is 1. The van der Waals surface area contributed by atoms with Crippen molar-refractivity contribution in [3.8, 4) is 5.75 Å². The number of carbonyl (C=O) groups is 2. The third kappa shape index (κ3) is 3.83. The van der Waals surface area contributed by atoms with Crippen LogP contribution in [0.4, 0.5) is 10.8 Å². The van der Waals surface area contributed by atoms with E-state index in [1.165, 1.54) is 47.6 Å². The molecule has 0 radical (unpaired) electrons. The van der Waals surface area contributed by atoms with E-state index in [9.17, 15) is 24.8 Å². The van der Waals surface area contributed by atoms with Crippen molar-refractivity contribution in [1.29, 1.82) is 0 Å². The van der Waals surface area contributed by atoms with Crippen molar-refractivity contribution in [3.63, 3.8) is 0 Å². The first-order valence-electron chi connectivity index (χ1n) is 10.0. The van der Waals surface area contributed by atoms with Crippen LogP contribution in [0.5, 0.6) is 5.75 Å². The molecule has 1 fully saturated rings. The summed E-state index contributed by atoms with van der Waals surface area (Å²) in [4.78, 5) is 43.5. The number of hydrogen-bond acceptors (Lipinski definition) is 9. The lowest BCUT2D eigenvalue weighted by molar-refractivity contribution is -0.384. The number of hydrogen-bond donors (Lipinski definition) is 1. The van der Waals surface area contributed by atoms with Crippen LogP contribution in [-0.4, -0.2) is 33.8 Å². The molecule has 2 aromatic carbocycles. The number of methoxy groups -OCH3 is 1. The lowest BCUT2D eigenvalue weighted by Crippen LogP contribution is -2.28. The quantitative estimate of drug-likeness (QED) is 0.118. The largest absolute Gasteiger partial charge is 0.507 e. The average molecular weight is 528 g/mol. The zero-order valence-electron chi connectivity index (χ0n) is 17.8. The van der Waals surface area contributed by atoms with Crippen LogP contribution in [0.15, 0.2) is 59.5 Å². The number of nitrogens with zero attached hydrogens (tertiary/aromatic N) is 3. The Labute approximate surface area is 210 Å². The van der Waals surface area contributed by atoms with Crippen molar-refractivity contribution >= 4 is 72.8 Å². The number of benzene rings is 2. The maximum absolute atomic E-state index is 13.3. The second-order valence-corrected chi connectivity index (χ2v) is 9.86. The number of ether oxygens (including phenoxy) is 1. The summed E-state index contributed by atoms with van der Waals surface area (Å²) >= 11 is 8.47. The smallest absolute Gasteiger partial charge is 0.301 e. The fourth-order valence-corrected chi connectivity index (χ4v) is 5.89. The van der Waals surface area contributed by atoms with E-state index in [4.69, 9.17) is 16.3 Å². The Balaban J connectivity index is 1.72. The Morgan fingerprint density at radius 2 is 2.03 bits per heavy atom. The van der Waals surface area contributed by atoms with Crippen LogP contribution in [0, 0.1) is 10.1 Å². The summed E-state index contributed by atoms with van der Waals surface area (Å²) in [6.07, 6.45) is 0. The number of ketones is 1. The zero-order valence-corrected chi connectivity index (χ0v) is 20.2. The number of aliphatic hydroxyl groups excluding tert-OH is 1. The first kappa shape index (κ1) is 23.0. The van der Waals surface area contributed by atoms with E-state index in [1.807, 2.05) is 0 Å². The van der Waals surface area contributed by atoms with Crippen molar-refractivity contribution in [1.82, 2.24) is 4.98 Å². The minimum Gasteiger partial charge on any atom is -0.507 e. The zero-order chi connectivity index (χ0) is 24.9. The lowest BCUT2D eigenvalue weighted by atomic mass is 9.99. The topological polar surface area (TPSA) is 123 Å². The summed E-state index contributed by atoms with van der Waals surface area (Å²) < 4.78 is 5.81. The van der Waals surface area contributed by atoms with E-state index in [0.717, 1.165) is 11.3 Å². The molecule has 1 atom stereocenters. The Morgan fingerprint density at radius 1 is 1.23 bits per heavy atom. The fourth-order valence-electron chi connectivity index (χ4n) is 3.87. The van der Waals surface area contributed by atoms with Gasteiger partial charge in [-0.25, -0.2) is 4.98 Å². The molecule has 1 N–H and O–H groups in total. The van der Waals surface area contributed by atoms with Gasteiger partial charge in [0.25, 0.3) is 11.5 Å². The third-order valence-corrected chi connectivity index (χ3v) is 7.63. The van der Waals surface area contributed by atoms with Crippen molar-refractivity contribution in [2.75, 3.05) is 12.0 Å². The molecule has 35 heavy (non-hydrogen) atoms. The Hall–Kier alpha value is -3.80. The van der Waals surface area contributed by atoms with Gasteiger partial charge in [-0.15, -0.1) is 11.3 Å².